The zero-order chi connectivity index (χ0) is 14.2. The molecule has 0 bridgehead atoms. The van der Waals surface area contributed by atoms with E-state index in [1.165, 1.54) is 4.57 Å². The third-order valence-corrected chi connectivity index (χ3v) is 3.49. The van der Waals surface area contributed by atoms with Crippen molar-refractivity contribution in [2.24, 2.45) is 0 Å². The van der Waals surface area contributed by atoms with Crippen LogP contribution in [0.4, 0.5) is 0 Å². The van der Waals surface area contributed by atoms with E-state index in [0.29, 0.717) is 27.9 Å². The Labute approximate surface area is 112 Å². The number of carboxylic acids is 1. The number of nitrogens with zero attached hydrogens (tertiary/aromatic N) is 4. The number of hydrogen-bond donors (Lipinski definition) is 1. The SMILES string of the molecule is Cc1nsc(-n2c(C)c(CC(=O)O)c(C)nc2=O)n1. The van der Waals surface area contributed by atoms with E-state index in [4.69, 9.17) is 5.11 Å². The maximum Gasteiger partial charge on any atom is 0.354 e. The van der Waals surface area contributed by atoms with Crippen LogP contribution in [0.1, 0.15) is 22.8 Å². The van der Waals surface area contributed by atoms with E-state index in [-0.39, 0.29) is 6.42 Å². The maximum atomic E-state index is 12.0. The van der Waals surface area contributed by atoms with Crippen LogP contribution in [0.2, 0.25) is 0 Å². The van der Waals surface area contributed by atoms with Gasteiger partial charge in [0.1, 0.15) is 5.82 Å². The summed E-state index contributed by atoms with van der Waals surface area (Å²) in [4.78, 5) is 30.8. The molecule has 8 heteroatoms. The number of rotatable bonds is 3. The predicted octanol–water partition coefficient (Wildman–Crippen LogP) is 0.636. The summed E-state index contributed by atoms with van der Waals surface area (Å²) in [5.74, 6) is -0.404. The second-order valence-electron chi connectivity index (χ2n) is 4.07. The Bertz CT molecular complexity index is 704. The van der Waals surface area contributed by atoms with Gasteiger partial charge in [-0.2, -0.15) is 9.36 Å². The summed E-state index contributed by atoms with van der Waals surface area (Å²) < 4.78 is 5.32. The van der Waals surface area contributed by atoms with E-state index in [9.17, 15) is 9.59 Å². The molecule has 2 rings (SSSR count). The summed E-state index contributed by atoms with van der Waals surface area (Å²) in [5.41, 5.74) is 1.03. The van der Waals surface area contributed by atoms with E-state index in [0.717, 1.165) is 11.5 Å². The van der Waals surface area contributed by atoms with Crippen molar-refractivity contribution >= 4 is 17.5 Å². The zero-order valence-electron chi connectivity index (χ0n) is 10.7. The van der Waals surface area contributed by atoms with E-state index in [1.54, 1.807) is 20.8 Å². The highest BCUT2D eigenvalue weighted by Crippen LogP contribution is 2.16. The first-order valence-corrected chi connectivity index (χ1v) is 6.29. The Balaban J connectivity index is 2.68. The Kier molecular flexibility index (Phi) is 3.43. The third-order valence-electron chi connectivity index (χ3n) is 2.70. The van der Waals surface area contributed by atoms with Crippen molar-refractivity contribution in [3.05, 3.63) is 33.3 Å². The molecule has 0 aliphatic rings. The molecule has 0 unspecified atom stereocenters. The van der Waals surface area contributed by atoms with Crippen molar-refractivity contribution in [3.8, 4) is 5.13 Å². The van der Waals surface area contributed by atoms with Gasteiger partial charge in [-0.3, -0.25) is 4.79 Å². The standard InChI is InChI=1S/C11H12N4O3S/c1-5-8(4-9(16)17)6(2)15(10(18)12-5)11-13-7(3)14-19-11/h4H2,1-3H3,(H,16,17). The first-order valence-electron chi connectivity index (χ1n) is 5.51. The van der Waals surface area contributed by atoms with Crippen molar-refractivity contribution in [2.75, 3.05) is 0 Å². The first kappa shape index (κ1) is 13.3. The zero-order valence-corrected chi connectivity index (χ0v) is 11.5. The van der Waals surface area contributed by atoms with Gasteiger partial charge in [0.15, 0.2) is 0 Å². The lowest BCUT2D eigenvalue weighted by atomic mass is 10.1. The van der Waals surface area contributed by atoms with Crippen LogP contribution in [0.5, 0.6) is 0 Å². The van der Waals surface area contributed by atoms with Gasteiger partial charge < -0.3 is 5.11 Å². The van der Waals surface area contributed by atoms with Crippen LogP contribution in [-0.4, -0.2) is 30.0 Å². The fraction of sp³-hybridized carbons (Fsp3) is 0.364. The van der Waals surface area contributed by atoms with Crippen molar-refractivity contribution in [3.63, 3.8) is 0 Å². The molecule has 0 amide bonds. The number of aromatic nitrogens is 4. The lowest BCUT2D eigenvalue weighted by Gasteiger charge is -2.11. The Morgan fingerprint density at radius 1 is 1.32 bits per heavy atom. The van der Waals surface area contributed by atoms with E-state index in [1.807, 2.05) is 0 Å². The number of carboxylic acid groups (broad SMARTS) is 1. The minimum absolute atomic E-state index is 0.178. The van der Waals surface area contributed by atoms with Gasteiger partial charge in [-0.25, -0.2) is 14.3 Å². The summed E-state index contributed by atoms with van der Waals surface area (Å²) in [5, 5.41) is 9.31. The molecular formula is C11H12N4O3S. The average molecular weight is 280 g/mol. The van der Waals surface area contributed by atoms with Crippen LogP contribution in [0.15, 0.2) is 4.79 Å². The average Bonchev–Trinajstić information content (AvgIpc) is 2.70. The van der Waals surface area contributed by atoms with Crippen LogP contribution in [0, 0.1) is 20.8 Å². The van der Waals surface area contributed by atoms with Gasteiger partial charge in [0.25, 0.3) is 0 Å². The number of aliphatic carboxylic acids is 1. The van der Waals surface area contributed by atoms with Gasteiger partial charge in [0, 0.05) is 28.5 Å². The molecule has 2 aromatic heterocycles. The normalized spacial score (nSPS) is 10.7. The van der Waals surface area contributed by atoms with Gasteiger partial charge in [-0.1, -0.05) is 0 Å². The molecule has 7 nitrogen and oxygen atoms in total. The van der Waals surface area contributed by atoms with Crippen LogP contribution in [0.3, 0.4) is 0 Å². The largest absolute Gasteiger partial charge is 0.481 e. The molecule has 0 saturated heterocycles. The molecule has 0 fully saturated rings. The lowest BCUT2D eigenvalue weighted by molar-refractivity contribution is -0.136. The highest BCUT2D eigenvalue weighted by atomic mass is 32.1. The van der Waals surface area contributed by atoms with Gasteiger partial charge in [-0.05, 0) is 20.8 Å². The summed E-state index contributed by atoms with van der Waals surface area (Å²) in [6, 6.07) is 0. The molecule has 0 aliphatic heterocycles. The van der Waals surface area contributed by atoms with Crippen molar-refractivity contribution in [1.82, 2.24) is 18.9 Å². The number of aryl methyl sites for hydroxylation is 2. The summed E-state index contributed by atoms with van der Waals surface area (Å²) >= 11 is 1.08. The second-order valence-corrected chi connectivity index (χ2v) is 4.80. The smallest absolute Gasteiger partial charge is 0.354 e. The van der Waals surface area contributed by atoms with Gasteiger partial charge in [0.2, 0.25) is 5.13 Å². The molecule has 19 heavy (non-hydrogen) atoms. The highest BCUT2D eigenvalue weighted by Gasteiger charge is 2.17. The molecule has 0 saturated carbocycles. The molecular weight excluding hydrogens is 268 g/mol. The predicted molar refractivity (Wildman–Crippen MR) is 68.9 cm³/mol. The van der Waals surface area contributed by atoms with Gasteiger partial charge in [-0.15, -0.1) is 0 Å². The molecule has 0 radical (unpaired) electrons. The van der Waals surface area contributed by atoms with Gasteiger partial charge in [0.05, 0.1) is 6.42 Å². The number of hydrogen-bond acceptors (Lipinski definition) is 6. The Morgan fingerprint density at radius 3 is 2.53 bits per heavy atom. The Hall–Kier alpha value is -2.09. The first-order chi connectivity index (χ1) is 8.90. The topological polar surface area (TPSA) is 98.0 Å². The lowest BCUT2D eigenvalue weighted by Crippen LogP contribution is -2.27. The molecule has 100 valence electrons. The third kappa shape index (κ3) is 2.53. The minimum atomic E-state index is -0.966. The fourth-order valence-electron chi connectivity index (χ4n) is 1.81. The van der Waals surface area contributed by atoms with Crippen molar-refractivity contribution in [1.29, 1.82) is 0 Å². The van der Waals surface area contributed by atoms with Crippen LogP contribution in [0.25, 0.3) is 5.13 Å². The summed E-state index contributed by atoms with van der Waals surface area (Å²) in [6.45, 7) is 5.04. The van der Waals surface area contributed by atoms with Crippen LogP contribution < -0.4 is 5.69 Å². The van der Waals surface area contributed by atoms with E-state index in [2.05, 4.69) is 14.3 Å². The summed E-state index contributed by atoms with van der Waals surface area (Å²) in [7, 11) is 0. The van der Waals surface area contributed by atoms with Crippen molar-refractivity contribution in [2.45, 2.75) is 27.2 Å². The molecule has 0 aliphatic carbocycles. The molecule has 2 aromatic rings. The second kappa shape index (κ2) is 4.88. The van der Waals surface area contributed by atoms with Crippen LogP contribution in [-0.2, 0) is 11.2 Å². The molecule has 2 heterocycles. The van der Waals surface area contributed by atoms with Crippen molar-refractivity contribution < 1.29 is 9.90 Å². The van der Waals surface area contributed by atoms with Gasteiger partial charge >= 0.3 is 11.7 Å². The molecule has 0 atom stereocenters. The monoisotopic (exact) mass is 280 g/mol. The molecule has 0 aromatic carbocycles. The highest BCUT2D eigenvalue weighted by molar-refractivity contribution is 7.08. The Morgan fingerprint density at radius 2 is 2.00 bits per heavy atom. The number of carbonyl (C=O) groups is 1. The summed E-state index contributed by atoms with van der Waals surface area (Å²) in [6.07, 6.45) is -0.178. The van der Waals surface area contributed by atoms with E-state index >= 15 is 0 Å². The minimum Gasteiger partial charge on any atom is -0.481 e. The molecule has 1 N–H and O–H groups in total. The maximum absolute atomic E-state index is 12.0. The fourth-order valence-corrected chi connectivity index (χ4v) is 2.53. The van der Waals surface area contributed by atoms with Crippen LogP contribution >= 0.6 is 11.5 Å². The van der Waals surface area contributed by atoms with E-state index < -0.39 is 11.7 Å². The quantitative estimate of drug-likeness (QED) is 0.885. The molecule has 0 spiro atoms.